The SMILES string of the molecule is CSc1ccccc1-c1cc(=O)[nH]c(=S)n1CC(N)=O. The first kappa shape index (κ1) is 14.5. The Morgan fingerprint density at radius 3 is 2.80 bits per heavy atom. The van der Waals surface area contributed by atoms with E-state index in [1.165, 1.54) is 10.6 Å². The fourth-order valence-electron chi connectivity index (χ4n) is 1.91. The Morgan fingerprint density at radius 1 is 1.45 bits per heavy atom. The third-order valence-corrected chi connectivity index (χ3v) is 3.85. The fourth-order valence-corrected chi connectivity index (χ4v) is 2.78. The first-order valence-electron chi connectivity index (χ1n) is 5.79. The number of nitrogens with two attached hydrogens (primary N) is 1. The Hall–Kier alpha value is -1.86. The van der Waals surface area contributed by atoms with Crippen molar-refractivity contribution in [2.24, 2.45) is 5.73 Å². The molecule has 20 heavy (non-hydrogen) atoms. The molecular formula is C13H13N3O2S2. The van der Waals surface area contributed by atoms with E-state index in [4.69, 9.17) is 18.0 Å². The average Bonchev–Trinajstić information content (AvgIpc) is 2.41. The van der Waals surface area contributed by atoms with Gasteiger partial charge in [0.15, 0.2) is 4.77 Å². The number of nitrogens with zero attached hydrogens (tertiary/aromatic N) is 1. The van der Waals surface area contributed by atoms with Gasteiger partial charge in [0.1, 0.15) is 6.54 Å². The lowest BCUT2D eigenvalue weighted by molar-refractivity contribution is -0.118. The summed E-state index contributed by atoms with van der Waals surface area (Å²) < 4.78 is 1.72. The third kappa shape index (κ3) is 3.00. The summed E-state index contributed by atoms with van der Waals surface area (Å²) >= 11 is 6.67. The zero-order chi connectivity index (χ0) is 14.7. The molecule has 1 aromatic carbocycles. The third-order valence-electron chi connectivity index (χ3n) is 2.73. The first-order chi connectivity index (χ1) is 9.52. The molecule has 1 heterocycles. The molecule has 3 N–H and O–H groups in total. The number of nitrogens with one attached hydrogen (secondary N) is 1. The van der Waals surface area contributed by atoms with E-state index >= 15 is 0 Å². The molecular weight excluding hydrogens is 294 g/mol. The van der Waals surface area contributed by atoms with Crippen LogP contribution in [-0.4, -0.2) is 21.7 Å². The van der Waals surface area contributed by atoms with Crippen LogP contribution in [0.3, 0.4) is 0 Å². The van der Waals surface area contributed by atoms with Gasteiger partial charge in [-0.05, 0) is 24.5 Å². The highest BCUT2D eigenvalue weighted by molar-refractivity contribution is 7.98. The second-order valence-electron chi connectivity index (χ2n) is 4.08. The zero-order valence-corrected chi connectivity index (χ0v) is 12.4. The molecule has 0 fully saturated rings. The zero-order valence-electron chi connectivity index (χ0n) is 10.8. The Bertz CT molecular complexity index is 765. The summed E-state index contributed by atoms with van der Waals surface area (Å²) in [6.07, 6.45) is 1.94. The average molecular weight is 307 g/mol. The van der Waals surface area contributed by atoms with Crippen molar-refractivity contribution in [1.29, 1.82) is 0 Å². The molecule has 0 radical (unpaired) electrons. The van der Waals surface area contributed by atoms with Gasteiger partial charge in [-0.25, -0.2) is 0 Å². The van der Waals surface area contributed by atoms with Crippen molar-refractivity contribution in [3.63, 3.8) is 0 Å². The number of hydrogen-bond donors (Lipinski definition) is 2. The number of aromatic amines is 1. The quantitative estimate of drug-likeness (QED) is 0.666. The van der Waals surface area contributed by atoms with E-state index in [1.807, 2.05) is 30.5 Å². The summed E-state index contributed by atoms with van der Waals surface area (Å²) in [7, 11) is 0. The van der Waals surface area contributed by atoms with Crippen molar-refractivity contribution in [2.75, 3.05) is 6.26 Å². The smallest absolute Gasteiger partial charge is 0.252 e. The molecule has 7 heteroatoms. The van der Waals surface area contributed by atoms with E-state index < -0.39 is 5.91 Å². The van der Waals surface area contributed by atoms with Crippen LogP contribution in [-0.2, 0) is 11.3 Å². The number of aromatic nitrogens is 2. The molecule has 0 unspecified atom stereocenters. The van der Waals surface area contributed by atoms with Gasteiger partial charge in [0.2, 0.25) is 5.91 Å². The molecule has 0 saturated carbocycles. The molecule has 1 amide bonds. The van der Waals surface area contributed by atoms with Crippen molar-refractivity contribution in [1.82, 2.24) is 9.55 Å². The molecule has 0 aliphatic rings. The van der Waals surface area contributed by atoms with Crippen molar-refractivity contribution in [3.8, 4) is 11.3 Å². The lowest BCUT2D eigenvalue weighted by Gasteiger charge is -2.14. The number of rotatable bonds is 4. The molecule has 1 aromatic heterocycles. The lowest BCUT2D eigenvalue weighted by atomic mass is 10.1. The van der Waals surface area contributed by atoms with Gasteiger partial charge in [0.05, 0.1) is 5.69 Å². The van der Waals surface area contributed by atoms with Crippen LogP contribution in [0.2, 0.25) is 0 Å². The molecule has 0 aliphatic heterocycles. The lowest BCUT2D eigenvalue weighted by Crippen LogP contribution is -2.23. The highest BCUT2D eigenvalue weighted by Gasteiger charge is 2.11. The molecule has 104 valence electrons. The van der Waals surface area contributed by atoms with Gasteiger partial charge in [-0.2, -0.15) is 0 Å². The van der Waals surface area contributed by atoms with Gasteiger partial charge < -0.3 is 10.3 Å². The molecule has 2 aromatic rings. The number of benzene rings is 1. The monoisotopic (exact) mass is 307 g/mol. The highest BCUT2D eigenvalue weighted by atomic mass is 32.2. The normalized spacial score (nSPS) is 10.4. The van der Waals surface area contributed by atoms with Crippen LogP contribution in [0.25, 0.3) is 11.3 Å². The van der Waals surface area contributed by atoms with E-state index in [0.717, 1.165) is 10.5 Å². The number of hydrogen-bond acceptors (Lipinski definition) is 4. The molecule has 0 aliphatic carbocycles. The van der Waals surface area contributed by atoms with Crippen LogP contribution in [0.5, 0.6) is 0 Å². The van der Waals surface area contributed by atoms with E-state index in [0.29, 0.717) is 5.69 Å². The maximum Gasteiger partial charge on any atom is 0.252 e. The predicted molar refractivity (Wildman–Crippen MR) is 82.3 cm³/mol. The van der Waals surface area contributed by atoms with Crippen molar-refractivity contribution < 1.29 is 4.79 Å². The maximum atomic E-state index is 11.7. The number of carbonyl (C=O) groups excluding carboxylic acids is 1. The summed E-state index contributed by atoms with van der Waals surface area (Å²) in [5.41, 5.74) is 6.37. The molecule has 5 nitrogen and oxygen atoms in total. The van der Waals surface area contributed by atoms with Crippen LogP contribution in [0.15, 0.2) is 40.0 Å². The number of thioether (sulfide) groups is 1. The van der Waals surface area contributed by atoms with Gasteiger partial charge in [-0.1, -0.05) is 18.2 Å². The van der Waals surface area contributed by atoms with Crippen LogP contribution in [0.1, 0.15) is 0 Å². The van der Waals surface area contributed by atoms with Crippen molar-refractivity contribution >= 4 is 29.9 Å². The maximum absolute atomic E-state index is 11.7. The second kappa shape index (κ2) is 6.06. The number of amides is 1. The van der Waals surface area contributed by atoms with Crippen molar-refractivity contribution in [3.05, 3.63) is 45.5 Å². The van der Waals surface area contributed by atoms with E-state index in [9.17, 15) is 9.59 Å². The van der Waals surface area contributed by atoms with E-state index in [1.54, 1.807) is 11.8 Å². The second-order valence-corrected chi connectivity index (χ2v) is 5.31. The number of H-pyrrole nitrogens is 1. The number of primary amides is 1. The summed E-state index contributed by atoms with van der Waals surface area (Å²) in [6, 6.07) is 9.03. The Balaban J connectivity index is 2.75. The van der Waals surface area contributed by atoms with Crippen LogP contribution in [0, 0.1) is 4.77 Å². The summed E-state index contributed by atoms with van der Waals surface area (Å²) in [5, 5.41) is 0. The van der Waals surface area contributed by atoms with E-state index in [2.05, 4.69) is 4.98 Å². The summed E-state index contributed by atoms with van der Waals surface area (Å²) in [4.78, 5) is 26.4. The largest absolute Gasteiger partial charge is 0.368 e. The molecule has 0 spiro atoms. The van der Waals surface area contributed by atoms with Crippen LogP contribution < -0.4 is 11.3 Å². The minimum atomic E-state index is -0.518. The van der Waals surface area contributed by atoms with Gasteiger partial charge >= 0.3 is 0 Å². The Kier molecular flexibility index (Phi) is 4.41. The molecule has 2 rings (SSSR count). The van der Waals surface area contributed by atoms with Crippen molar-refractivity contribution in [2.45, 2.75) is 11.4 Å². The fraction of sp³-hybridized carbons (Fsp3) is 0.154. The summed E-state index contributed by atoms with van der Waals surface area (Å²) in [5.74, 6) is -0.518. The van der Waals surface area contributed by atoms with Gasteiger partial charge in [-0.15, -0.1) is 11.8 Å². The minimum absolute atomic E-state index is 0.0757. The first-order valence-corrected chi connectivity index (χ1v) is 7.42. The number of carbonyl (C=O) groups is 1. The van der Waals surface area contributed by atoms with Gasteiger partial charge in [0.25, 0.3) is 5.56 Å². The predicted octanol–water partition coefficient (Wildman–Crippen LogP) is 1.78. The Morgan fingerprint density at radius 2 is 2.15 bits per heavy atom. The van der Waals surface area contributed by atoms with Crippen LogP contribution in [0.4, 0.5) is 0 Å². The summed E-state index contributed by atoms with van der Waals surface area (Å²) in [6.45, 7) is -0.0757. The topological polar surface area (TPSA) is 80.9 Å². The molecule has 0 bridgehead atoms. The highest BCUT2D eigenvalue weighted by Crippen LogP contribution is 2.29. The molecule has 0 atom stereocenters. The molecule has 0 saturated heterocycles. The standard InChI is InChI=1S/C13H13N3O2S2/c1-20-10-5-3-2-4-8(10)9-6-12(18)15-13(19)16(9)7-11(14)17/h2-6H,7H2,1H3,(H2,14,17)(H,15,18,19). The minimum Gasteiger partial charge on any atom is -0.368 e. The van der Waals surface area contributed by atoms with Crippen LogP contribution >= 0.6 is 24.0 Å². The van der Waals surface area contributed by atoms with Gasteiger partial charge in [0, 0.05) is 16.5 Å². The van der Waals surface area contributed by atoms with Gasteiger partial charge in [-0.3, -0.25) is 14.6 Å². The van der Waals surface area contributed by atoms with E-state index in [-0.39, 0.29) is 16.9 Å². The Labute approximate surface area is 124 Å².